The Balaban J connectivity index is 2.16. The van der Waals surface area contributed by atoms with Gasteiger partial charge in [-0.25, -0.2) is 4.39 Å². The van der Waals surface area contributed by atoms with Crippen molar-refractivity contribution in [2.75, 3.05) is 25.7 Å². The molecule has 2 aliphatic rings. The summed E-state index contributed by atoms with van der Waals surface area (Å²) in [7, 11) is 1.26. The summed E-state index contributed by atoms with van der Waals surface area (Å²) in [6, 6.07) is 5.36. The van der Waals surface area contributed by atoms with Gasteiger partial charge in [-0.2, -0.15) is 11.8 Å². The van der Waals surface area contributed by atoms with Gasteiger partial charge in [-0.15, -0.1) is 0 Å². The molecular formula is C19H23FN2O4S. The zero-order valence-corrected chi connectivity index (χ0v) is 16.3. The number of nitrogens with zero attached hydrogens (tertiary/aromatic N) is 1. The second kappa shape index (κ2) is 7.59. The van der Waals surface area contributed by atoms with E-state index in [0.717, 1.165) is 0 Å². The fourth-order valence-corrected chi connectivity index (χ4v) is 4.86. The molecule has 4 atom stereocenters. The van der Waals surface area contributed by atoms with Crippen LogP contribution in [-0.2, 0) is 19.1 Å². The van der Waals surface area contributed by atoms with Crippen molar-refractivity contribution < 1.29 is 23.5 Å². The van der Waals surface area contributed by atoms with Crippen LogP contribution in [0, 0.1) is 17.7 Å². The fourth-order valence-electron chi connectivity index (χ4n) is 4.33. The van der Waals surface area contributed by atoms with Gasteiger partial charge in [0.15, 0.2) is 0 Å². The highest BCUT2D eigenvalue weighted by atomic mass is 32.2. The van der Waals surface area contributed by atoms with Crippen LogP contribution < -0.4 is 5.32 Å². The first-order valence-corrected chi connectivity index (χ1v) is 10.3. The highest BCUT2D eigenvalue weighted by molar-refractivity contribution is 7.98. The van der Waals surface area contributed by atoms with E-state index in [1.54, 1.807) is 25.1 Å². The van der Waals surface area contributed by atoms with E-state index in [9.17, 15) is 18.8 Å². The van der Waals surface area contributed by atoms with Gasteiger partial charge in [0.1, 0.15) is 11.4 Å². The number of halogens is 1. The standard InChI is InChI=1S/C19H23FN2O4S/c1-4-22-16(23)13-14(17(22)24)19(9-10-27-3,18(25)26-2)21-15(13)11-7-5-6-8-12(11)20/h5-8,13-15,21H,4,9-10H2,1-3H3/t13-,14+,15+,19-/m1/s1. The molecule has 2 fully saturated rings. The maximum atomic E-state index is 14.5. The molecule has 0 radical (unpaired) electrons. The van der Waals surface area contributed by atoms with E-state index >= 15 is 0 Å². The number of hydrogen-bond acceptors (Lipinski definition) is 6. The normalized spacial score (nSPS) is 29.9. The molecular weight excluding hydrogens is 371 g/mol. The Morgan fingerprint density at radius 3 is 2.63 bits per heavy atom. The fraction of sp³-hybridized carbons (Fsp3) is 0.526. The average molecular weight is 394 g/mol. The van der Waals surface area contributed by atoms with Crippen LogP contribution in [0.3, 0.4) is 0 Å². The number of thioether (sulfide) groups is 1. The van der Waals surface area contributed by atoms with Crippen LogP contribution >= 0.6 is 11.8 Å². The van der Waals surface area contributed by atoms with E-state index in [0.29, 0.717) is 12.2 Å². The smallest absolute Gasteiger partial charge is 0.326 e. The van der Waals surface area contributed by atoms with Crippen molar-refractivity contribution in [3.05, 3.63) is 35.6 Å². The number of hydrogen-bond donors (Lipinski definition) is 1. The molecule has 0 aromatic heterocycles. The number of benzene rings is 1. The van der Waals surface area contributed by atoms with Crippen molar-refractivity contribution in [1.29, 1.82) is 0 Å². The summed E-state index contributed by atoms with van der Waals surface area (Å²) in [5.74, 6) is -3.00. The largest absolute Gasteiger partial charge is 0.468 e. The molecule has 8 heteroatoms. The zero-order valence-electron chi connectivity index (χ0n) is 15.5. The van der Waals surface area contributed by atoms with E-state index in [1.807, 2.05) is 6.26 Å². The predicted molar refractivity (Wildman–Crippen MR) is 99.4 cm³/mol. The van der Waals surface area contributed by atoms with Crippen molar-refractivity contribution in [3.63, 3.8) is 0 Å². The lowest BCUT2D eigenvalue weighted by molar-refractivity contribution is -0.154. The third-order valence-electron chi connectivity index (χ3n) is 5.55. The third-order valence-corrected chi connectivity index (χ3v) is 6.16. The van der Waals surface area contributed by atoms with E-state index in [-0.39, 0.29) is 18.0 Å². The monoisotopic (exact) mass is 394 g/mol. The third kappa shape index (κ3) is 2.95. The molecule has 1 aromatic carbocycles. The molecule has 2 heterocycles. The number of rotatable bonds is 6. The Bertz CT molecular complexity index is 774. The van der Waals surface area contributed by atoms with Gasteiger partial charge in [-0.05, 0) is 31.4 Å². The van der Waals surface area contributed by atoms with Gasteiger partial charge >= 0.3 is 5.97 Å². The number of carbonyl (C=O) groups is 3. The van der Waals surface area contributed by atoms with Crippen molar-refractivity contribution in [2.24, 2.45) is 11.8 Å². The second-order valence-corrected chi connectivity index (χ2v) is 7.76. The summed E-state index contributed by atoms with van der Waals surface area (Å²) >= 11 is 1.53. The molecule has 3 rings (SSSR count). The maximum Gasteiger partial charge on any atom is 0.326 e. The number of likely N-dealkylation sites (tertiary alicyclic amines) is 1. The Hall–Kier alpha value is -1.93. The molecule has 0 spiro atoms. The number of imide groups is 1. The van der Waals surface area contributed by atoms with Crippen molar-refractivity contribution in [1.82, 2.24) is 10.2 Å². The first kappa shape index (κ1) is 19.8. The Labute approximate surface area is 161 Å². The van der Waals surface area contributed by atoms with E-state index in [4.69, 9.17) is 4.74 Å². The highest BCUT2D eigenvalue weighted by Crippen LogP contribution is 2.50. The van der Waals surface area contributed by atoms with Crippen molar-refractivity contribution in [2.45, 2.75) is 24.9 Å². The number of amides is 2. The van der Waals surface area contributed by atoms with E-state index < -0.39 is 41.1 Å². The molecule has 27 heavy (non-hydrogen) atoms. The zero-order chi connectivity index (χ0) is 19.8. The first-order chi connectivity index (χ1) is 12.9. The lowest BCUT2D eigenvalue weighted by Gasteiger charge is -2.32. The van der Waals surface area contributed by atoms with Gasteiger partial charge in [-0.3, -0.25) is 24.6 Å². The molecule has 1 N–H and O–H groups in total. The van der Waals surface area contributed by atoms with Crippen LogP contribution in [0.25, 0.3) is 0 Å². The molecule has 2 amide bonds. The predicted octanol–water partition coefficient (Wildman–Crippen LogP) is 1.76. The molecule has 0 bridgehead atoms. The maximum absolute atomic E-state index is 14.5. The lowest BCUT2D eigenvalue weighted by atomic mass is 9.78. The Morgan fingerprint density at radius 1 is 1.33 bits per heavy atom. The van der Waals surface area contributed by atoms with Crippen molar-refractivity contribution in [3.8, 4) is 0 Å². The minimum absolute atomic E-state index is 0.217. The number of nitrogens with one attached hydrogen (secondary N) is 1. The van der Waals surface area contributed by atoms with Crippen LogP contribution in [0.5, 0.6) is 0 Å². The molecule has 2 aliphatic heterocycles. The number of fused-ring (bicyclic) bond motifs is 1. The van der Waals surface area contributed by atoms with Gasteiger partial charge < -0.3 is 4.74 Å². The second-order valence-electron chi connectivity index (χ2n) is 6.77. The minimum atomic E-state index is -1.36. The topological polar surface area (TPSA) is 75.7 Å². The lowest BCUT2D eigenvalue weighted by Crippen LogP contribution is -2.56. The SMILES string of the molecule is CCN1C(=O)[C@@H]2[C@@H](C1=O)[C@](CCSC)(C(=O)OC)N[C@H]2c1ccccc1F. The quantitative estimate of drug-likeness (QED) is 0.585. The molecule has 0 aliphatic carbocycles. The Kier molecular flexibility index (Phi) is 5.58. The van der Waals surface area contributed by atoms with Crippen molar-refractivity contribution >= 4 is 29.5 Å². The summed E-state index contributed by atoms with van der Waals surface area (Å²) < 4.78 is 19.5. The molecule has 1 aromatic rings. The van der Waals surface area contributed by atoms with Crippen LogP contribution in [0.15, 0.2) is 24.3 Å². The van der Waals surface area contributed by atoms with Gasteiger partial charge in [0.25, 0.3) is 0 Å². The first-order valence-electron chi connectivity index (χ1n) is 8.87. The van der Waals surface area contributed by atoms with Gasteiger partial charge in [0.2, 0.25) is 11.8 Å². The molecule has 146 valence electrons. The molecule has 2 saturated heterocycles. The van der Waals surface area contributed by atoms with E-state index in [1.165, 1.54) is 29.8 Å². The average Bonchev–Trinajstić information content (AvgIpc) is 3.14. The molecule has 6 nitrogen and oxygen atoms in total. The minimum Gasteiger partial charge on any atom is -0.468 e. The Morgan fingerprint density at radius 2 is 2.04 bits per heavy atom. The summed E-state index contributed by atoms with van der Waals surface area (Å²) in [5, 5.41) is 3.16. The van der Waals surface area contributed by atoms with E-state index in [2.05, 4.69) is 5.32 Å². The summed E-state index contributed by atoms with van der Waals surface area (Å²) in [4.78, 5) is 40.0. The number of ether oxygens (including phenoxy) is 1. The van der Waals surface area contributed by atoms with Crippen LogP contribution in [0.1, 0.15) is 24.9 Å². The number of methoxy groups -OCH3 is 1. The van der Waals surface area contributed by atoms with Gasteiger partial charge in [-0.1, -0.05) is 18.2 Å². The highest BCUT2D eigenvalue weighted by Gasteiger charge is 2.68. The van der Waals surface area contributed by atoms with Crippen LogP contribution in [0.2, 0.25) is 0 Å². The summed E-state index contributed by atoms with van der Waals surface area (Å²) in [6.45, 7) is 1.93. The number of esters is 1. The van der Waals surface area contributed by atoms with Crippen LogP contribution in [0.4, 0.5) is 4.39 Å². The summed E-state index contributed by atoms with van der Waals surface area (Å²) in [5.41, 5.74) is -1.08. The molecule has 0 saturated carbocycles. The van der Waals surface area contributed by atoms with Gasteiger partial charge in [0, 0.05) is 18.2 Å². The van der Waals surface area contributed by atoms with Crippen LogP contribution in [-0.4, -0.2) is 53.9 Å². The van der Waals surface area contributed by atoms with Gasteiger partial charge in [0.05, 0.1) is 18.9 Å². The summed E-state index contributed by atoms with van der Waals surface area (Å²) in [6.07, 6.45) is 2.20. The molecule has 0 unspecified atom stereocenters. The number of carbonyl (C=O) groups excluding carboxylic acids is 3.